The van der Waals surface area contributed by atoms with Gasteiger partial charge < -0.3 is 16.0 Å². The second kappa shape index (κ2) is 11.7. The first-order chi connectivity index (χ1) is 18.6. The van der Waals surface area contributed by atoms with Crippen LogP contribution in [0.25, 0.3) is 0 Å². The fourth-order valence-electron chi connectivity index (χ4n) is 4.92. The van der Waals surface area contributed by atoms with Gasteiger partial charge in [-0.05, 0) is 91.8 Å². The molecule has 0 saturated heterocycles. The minimum absolute atomic E-state index is 0.0725. The van der Waals surface area contributed by atoms with Crippen molar-refractivity contribution in [2.45, 2.75) is 39.0 Å². The fourth-order valence-corrected chi connectivity index (χ4v) is 5.10. The molecule has 0 aromatic heterocycles. The summed E-state index contributed by atoms with van der Waals surface area (Å²) < 4.78 is 0. The summed E-state index contributed by atoms with van der Waals surface area (Å²) in [5.74, 6) is -1.02. The maximum absolute atomic E-state index is 13.8. The molecule has 0 saturated carbocycles. The fraction of sp³-hybridized carbons (Fsp3) is 0.267. The molecule has 3 aromatic carbocycles. The molecule has 3 aromatic rings. The van der Waals surface area contributed by atoms with Gasteiger partial charge in [0, 0.05) is 47.5 Å². The Labute approximate surface area is 232 Å². The van der Waals surface area contributed by atoms with E-state index in [1.807, 2.05) is 32.0 Å². The summed E-state index contributed by atoms with van der Waals surface area (Å²) in [5.41, 5.74) is 10.0. The number of amides is 5. The summed E-state index contributed by atoms with van der Waals surface area (Å²) in [6.07, 6.45) is 1.36. The van der Waals surface area contributed by atoms with Crippen molar-refractivity contribution in [2.75, 3.05) is 23.8 Å². The molecule has 0 spiro atoms. The van der Waals surface area contributed by atoms with Gasteiger partial charge in [-0.3, -0.25) is 19.3 Å². The van der Waals surface area contributed by atoms with Crippen LogP contribution in [-0.2, 0) is 4.79 Å². The van der Waals surface area contributed by atoms with Crippen molar-refractivity contribution in [3.05, 3.63) is 93.5 Å². The van der Waals surface area contributed by atoms with Gasteiger partial charge in [0.1, 0.15) is 0 Å². The van der Waals surface area contributed by atoms with Gasteiger partial charge in [0.05, 0.1) is 0 Å². The molecule has 4 rings (SSSR count). The van der Waals surface area contributed by atoms with Crippen molar-refractivity contribution >= 4 is 46.7 Å². The highest BCUT2D eigenvalue weighted by Gasteiger charge is 2.30. The van der Waals surface area contributed by atoms with Crippen molar-refractivity contribution in [3.8, 4) is 0 Å². The maximum Gasteiger partial charge on any atom is 0.321 e. The molecule has 8 nitrogen and oxygen atoms in total. The Morgan fingerprint density at radius 2 is 1.74 bits per heavy atom. The third kappa shape index (κ3) is 6.12. The average molecular weight is 547 g/mol. The van der Waals surface area contributed by atoms with Crippen LogP contribution in [0.15, 0.2) is 60.7 Å². The molecule has 1 heterocycles. The average Bonchev–Trinajstić information content (AvgIpc) is 3.07. The van der Waals surface area contributed by atoms with Crippen molar-refractivity contribution in [1.29, 1.82) is 0 Å². The molecule has 0 bridgehead atoms. The van der Waals surface area contributed by atoms with Gasteiger partial charge in [-0.25, -0.2) is 4.79 Å². The van der Waals surface area contributed by atoms with Crippen LogP contribution in [0.5, 0.6) is 0 Å². The number of hydrogen-bond acceptors (Lipinski definition) is 4. The number of rotatable bonds is 5. The third-order valence-corrected chi connectivity index (χ3v) is 7.36. The molecule has 0 radical (unpaired) electrons. The summed E-state index contributed by atoms with van der Waals surface area (Å²) in [5, 5.41) is 3.41. The Hall–Kier alpha value is -4.17. The van der Waals surface area contributed by atoms with Gasteiger partial charge in [-0.15, -0.1) is 0 Å². The van der Waals surface area contributed by atoms with Crippen molar-refractivity contribution in [2.24, 2.45) is 5.73 Å². The first-order valence-electron chi connectivity index (χ1n) is 12.7. The first kappa shape index (κ1) is 27.9. The molecule has 0 aliphatic carbocycles. The highest BCUT2D eigenvalue weighted by molar-refractivity contribution is 6.30. The van der Waals surface area contributed by atoms with Crippen LogP contribution in [0, 0.1) is 13.8 Å². The number of carbonyl (C=O) groups excluding carboxylic acids is 4. The Kier molecular flexibility index (Phi) is 8.35. The van der Waals surface area contributed by atoms with E-state index in [2.05, 4.69) is 5.32 Å². The molecular formula is C30H31ClN4O4. The summed E-state index contributed by atoms with van der Waals surface area (Å²) in [6.45, 7) is 4.16. The standard InChI is InChI=1S/C30H31ClN4O4/c1-18-7-4-5-9-23(18)28(37)33-22-11-12-24(19(2)15-22)29(38)35-14-6-8-20(16-27(36)34(3)30(32)39)25-17-21(31)10-13-26(25)35/h4-5,7,9-13,15,17,20H,6,8,14,16H2,1-3H3,(H2,32,39)(H,33,37). The number of fused-ring (bicyclic) bond motifs is 1. The number of anilines is 2. The van der Waals surface area contributed by atoms with E-state index in [4.69, 9.17) is 17.3 Å². The predicted molar refractivity (Wildman–Crippen MR) is 152 cm³/mol. The number of carbonyl (C=O) groups is 4. The molecule has 5 amide bonds. The molecule has 0 fully saturated rings. The highest BCUT2D eigenvalue weighted by atomic mass is 35.5. The molecule has 9 heteroatoms. The van der Waals surface area contributed by atoms with E-state index < -0.39 is 11.9 Å². The van der Waals surface area contributed by atoms with Crippen molar-refractivity contribution < 1.29 is 19.2 Å². The summed E-state index contributed by atoms with van der Waals surface area (Å²) >= 11 is 6.32. The topological polar surface area (TPSA) is 113 Å². The molecule has 1 aliphatic rings. The monoisotopic (exact) mass is 546 g/mol. The Balaban J connectivity index is 1.59. The molecule has 1 atom stereocenters. The number of benzene rings is 3. The molecule has 202 valence electrons. The lowest BCUT2D eigenvalue weighted by molar-refractivity contribution is -0.127. The van der Waals surface area contributed by atoms with Gasteiger partial charge in [0.15, 0.2) is 0 Å². The third-order valence-electron chi connectivity index (χ3n) is 7.13. The van der Waals surface area contributed by atoms with Crippen LogP contribution in [0.4, 0.5) is 16.2 Å². The van der Waals surface area contributed by atoms with Gasteiger partial charge in [-0.2, -0.15) is 0 Å². The van der Waals surface area contributed by atoms with E-state index in [0.29, 0.717) is 46.9 Å². The summed E-state index contributed by atoms with van der Waals surface area (Å²) in [6, 6.07) is 17.0. The number of imide groups is 1. The normalized spacial score (nSPS) is 14.7. The highest BCUT2D eigenvalue weighted by Crippen LogP contribution is 2.39. The first-order valence-corrected chi connectivity index (χ1v) is 13.1. The number of urea groups is 1. The van der Waals surface area contributed by atoms with Crippen LogP contribution in [0.2, 0.25) is 5.02 Å². The predicted octanol–water partition coefficient (Wildman–Crippen LogP) is 5.66. The van der Waals surface area contributed by atoms with E-state index in [1.165, 1.54) is 7.05 Å². The van der Waals surface area contributed by atoms with Crippen LogP contribution < -0.4 is 16.0 Å². The van der Waals surface area contributed by atoms with E-state index in [1.54, 1.807) is 47.4 Å². The van der Waals surface area contributed by atoms with E-state index in [9.17, 15) is 19.2 Å². The lowest BCUT2D eigenvalue weighted by Gasteiger charge is -2.25. The second-order valence-electron chi connectivity index (χ2n) is 9.79. The number of nitrogens with one attached hydrogen (secondary N) is 1. The van der Waals surface area contributed by atoms with Gasteiger partial charge in [0.25, 0.3) is 11.8 Å². The number of halogens is 1. The Bertz CT molecular complexity index is 1450. The van der Waals surface area contributed by atoms with E-state index in [-0.39, 0.29) is 24.2 Å². The zero-order valence-electron chi connectivity index (χ0n) is 22.2. The number of nitrogens with two attached hydrogens (primary N) is 1. The van der Waals surface area contributed by atoms with Gasteiger partial charge >= 0.3 is 6.03 Å². The number of aryl methyl sites for hydroxylation is 2. The van der Waals surface area contributed by atoms with Crippen LogP contribution in [0.3, 0.4) is 0 Å². The van der Waals surface area contributed by atoms with E-state index in [0.717, 1.165) is 21.6 Å². The Morgan fingerprint density at radius 3 is 2.44 bits per heavy atom. The molecule has 1 unspecified atom stereocenters. The minimum atomic E-state index is -0.814. The lowest BCUT2D eigenvalue weighted by Crippen LogP contribution is -2.37. The number of nitrogens with zero attached hydrogens (tertiary/aromatic N) is 2. The van der Waals surface area contributed by atoms with Crippen LogP contribution in [0.1, 0.15) is 62.6 Å². The SMILES string of the molecule is Cc1ccccc1C(=O)Nc1ccc(C(=O)N2CCCC(CC(=O)N(C)C(N)=O)c3cc(Cl)ccc32)c(C)c1. The minimum Gasteiger partial charge on any atom is -0.351 e. The molecule has 1 aliphatic heterocycles. The molecule has 39 heavy (non-hydrogen) atoms. The van der Waals surface area contributed by atoms with Crippen molar-refractivity contribution in [1.82, 2.24) is 4.90 Å². The van der Waals surface area contributed by atoms with Crippen LogP contribution in [-0.4, -0.2) is 42.2 Å². The van der Waals surface area contributed by atoms with Gasteiger partial charge in [0.2, 0.25) is 5.91 Å². The smallest absolute Gasteiger partial charge is 0.321 e. The van der Waals surface area contributed by atoms with Gasteiger partial charge in [-0.1, -0.05) is 29.8 Å². The van der Waals surface area contributed by atoms with Crippen molar-refractivity contribution in [3.63, 3.8) is 0 Å². The lowest BCUT2D eigenvalue weighted by atomic mass is 9.90. The maximum atomic E-state index is 13.8. The molecule has 3 N–H and O–H groups in total. The second-order valence-corrected chi connectivity index (χ2v) is 10.2. The largest absolute Gasteiger partial charge is 0.351 e. The van der Waals surface area contributed by atoms with E-state index >= 15 is 0 Å². The number of primary amides is 1. The van der Waals surface area contributed by atoms with Crippen LogP contribution >= 0.6 is 11.6 Å². The zero-order valence-corrected chi connectivity index (χ0v) is 22.9. The summed E-state index contributed by atoms with van der Waals surface area (Å²) in [4.78, 5) is 53.3. The Morgan fingerprint density at radius 1 is 1.00 bits per heavy atom. The number of hydrogen-bond donors (Lipinski definition) is 2. The zero-order chi connectivity index (χ0) is 28.3. The molecular weight excluding hydrogens is 516 g/mol. The quantitative estimate of drug-likeness (QED) is 0.430. The summed E-state index contributed by atoms with van der Waals surface area (Å²) in [7, 11) is 1.35.